The Labute approximate surface area is 72.9 Å². The van der Waals surface area contributed by atoms with Crippen LogP contribution in [0, 0.1) is 0 Å². The number of aromatic carboxylic acids is 2. The van der Waals surface area contributed by atoms with E-state index in [0.717, 1.165) is 18.2 Å². The first kappa shape index (κ1) is 9.05. The van der Waals surface area contributed by atoms with Gasteiger partial charge in [-0.25, -0.2) is 9.59 Å². The van der Waals surface area contributed by atoms with E-state index in [2.05, 4.69) is 0 Å². The van der Waals surface area contributed by atoms with Crippen LogP contribution in [0.2, 0.25) is 0 Å². The van der Waals surface area contributed by atoms with E-state index in [0.29, 0.717) is 0 Å². The monoisotopic (exact) mass is 181 g/mol. The molecule has 1 aromatic carbocycles. The highest BCUT2D eigenvalue weighted by molar-refractivity contribution is 5.94. The van der Waals surface area contributed by atoms with Crippen molar-refractivity contribution in [2.75, 3.05) is 0 Å². The van der Waals surface area contributed by atoms with Gasteiger partial charge in [0.15, 0.2) is 5.75 Å². The normalized spacial score (nSPS) is 9.54. The minimum absolute atomic E-state index is 0.213. The van der Waals surface area contributed by atoms with Crippen LogP contribution in [0.4, 0.5) is 0 Å². The summed E-state index contributed by atoms with van der Waals surface area (Å²) >= 11 is 0. The Morgan fingerprint density at radius 3 is 2.08 bits per heavy atom. The number of hydrogen-bond donors (Lipinski definition) is 2. The molecule has 5 nitrogen and oxygen atoms in total. The molecule has 0 unspecified atom stereocenters. The van der Waals surface area contributed by atoms with Crippen molar-refractivity contribution in [2.45, 2.75) is 0 Å². The van der Waals surface area contributed by atoms with Crippen LogP contribution in [0.5, 0.6) is 5.75 Å². The zero-order valence-corrected chi connectivity index (χ0v) is 6.35. The van der Waals surface area contributed by atoms with Gasteiger partial charge in [0.2, 0.25) is 0 Å². The maximum atomic E-state index is 10.9. The topological polar surface area (TPSA) is 94.5 Å². The van der Waals surface area contributed by atoms with Crippen molar-refractivity contribution in [3.8, 4) is 5.75 Å². The summed E-state index contributed by atoms with van der Waals surface area (Å²) in [6.45, 7) is 0. The summed E-state index contributed by atoms with van der Waals surface area (Å²) in [5.41, 5.74) is -0.639. The molecule has 0 amide bonds. The minimum Gasteiger partial charge on any atom is -0.478 e. The van der Waals surface area contributed by atoms with Crippen LogP contribution in [0.1, 0.15) is 20.7 Å². The van der Waals surface area contributed by atoms with Crippen LogP contribution in [0.3, 0.4) is 0 Å². The van der Waals surface area contributed by atoms with Gasteiger partial charge in [0.25, 0.3) is 0 Å². The number of benzene rings is 1. The van der Waals surface area contributed by atoms with Crippen molar-refractivity contribution >= 4 is 11.9 Å². The first-order valence-corrected chi connectivity index (χ1v) is 3.30. The van der Waals surface area contributed by atoms with Crippen LogP contribution in [-0.2, 0) is 5.11 Å². The molecule has 13 heavy (non-hydrogen) atoms. The van der Waals surface area contributed by atoms with Crippen molar-refractivity contribution in [3.05, 3.63) is 29.3 Å². The van der Waals surface area contributed by atoms with E-state index in [1.54, 1.807) is 0 Å². The molecule has 0 spiro atoms. The number of hydrogen-bond acceptors (Lipinski definition) is 2. The van der Waals surface area contributed by atoms with Crippen molar-refractivity contribution in [1.29, 1.82) is 0 Å². The predicted molar refractivity (Wildman–Crippen MR) is 40.5 cm³/mol. The molecule has 1 radical (unpaired) electrons. The zero-order valence-electron chi connectivity index (χ0n) is 6.35. The Bertz CT molecular complexity index is 369. The molecule has 0 saturated carbocycles. The highest BCUT2D eigenvalue weighted by atomic mass is 16.4. The standard InChI is InChI=1S/C8H5O5/c9-6-3-4(7(10)11)1-2-5(6)8(12)13/h1-3H,(H,10,11)(H,12,13). The van der Waals surface area contributed by atoms with Crippen LogP contribution in [0.15, 0.2) is 18.2 Å². The Balaban J connectivity index is 3.20. The molecule has 0 saturated heterocycles. The lowest BCUT2D eigenvalue weighted by Crippen LogP contribution is -2.00. The number of carboxylic acid groups (broad SMARTS) is 2. The second-order valence-electron chi connectivity index (χ2n) is 2.32. The summed E-state index contributed by atoms with van der Waals surface area (Å²) in [6, 6.07) is 2.84. The first-order valence-electron chi connectivity index (χ1n) is 3.30. The van der Waals surface area contributed by atoms with Gasteiger partial charge in [0.1, 0.15) is 5.56 Å². The lowest BCUT2D eigenvalue weighted by molar-refractivity contribution is 0.0676. The average molecular weight is 181 g/mol. The van der Waals surface area contributed by atoms with E-state index in [-0.39, 0.29) is 5.56 Å². The van der Waals surface area contributed by atoms with E-state index < -0.39 is 23.3 Å². The number of carbonyl (C=O) groups is 2. The average Bonchev–Trinajstić information content (AvgIpc) is 2.03. The lowest BCUT2D eigenvalue weighted by Gasteiger charge is -1.97. The van der Waals surface area contributed by atoms with Crippen molar-refractivity contribution in [1.82, 2.24) is 0 Å². The molecule has 5 heteroatoms. The molecule has 0 fully saturated rings. The number of carboxylic acids is 2. The first-order chi connectivity index (χ1) is 6.02. The van der Waals surface area contributed by atoms with E-state index >= 15 is 0 Å². The third-order valence-corrected chi connectivity index (χ3v) is 1.46. The van der Waals surface area contributed by atoms with Crippen LogP contribution in [-0.4, -0.2) is 22.2 Å². The van der Waals surface area contributed by atoms with Crippen molar-refractivity contribution < 1.29 is 24.9 Å². The van der Waals surface area contributed by atoms with Gasteiger partial charge in [-0.15, -0.1) is 0 Å². The third kappa shape index (κ3) is 1.76. The van der Waals surface area contributed by atoms with Gasteiger partial charge in [-0.1, -0.05) is 0 Å². The largest absolute Gasteiger partial charge is 0.478 e. The smallest absolute Gasteiger partial charge is 0.339 e. The molecule has 0 aliphatic rings. The Morgan fingerprint density at radius 1 is 1.08 bits per heavy atom. The quantitative estimate of drug-likeness (QED) is 0.717. The SMILES string of the molecule is [O]c1cc(C(=O)O)ccc1C(=O)O. The van der Waals surface area contributed by atoms with Gasteiger partial charge < -0.3 is 10.2 Å². The predicted octanol–water partition coefficient (Wildman–Crippen LogP) is 1.23. The fraction of sp³-hybridized carbons (Fsp3) is 0. The van der Waals surface area contributed by atoms with E-state index in [1.165, 1.54) is 0 Å². The molecule has 0 aliphatic heterocycles. The maximum absolute atomic E-state index is 10.9. The zero-order chi connectivity index (χ0) is 10.0. The van der Waals surface area contributed by atoms with Crippen LogP contribution in [0.25, 0.3) is 0 Å². The molecule has 1 aromatic rings. The van der Waals surface area contributed by atoms with Gasteiger partial charge in [-0.3, -0.25) is 5.11 Å². The Kier molecular flexibility index (Phi) is 2.19. The lowest BCUT2D eigenvalue weighted by atomic mass is 10.1. The summed E-state index contributed by atoms with van der Waals surface area (Å²) < 4.78 is 0. The molecule has 0 aliphatic carbocycles. The minimum atomic E-state index is -1.36. The summed E-state index contributed by atoms with van der Waals surface area (Å²) in [4.78, 5) is 20.7. The molecule has 0 atom stereocenters. The fourth-order valence-electron chi connectivity index (χ4n) is 0.832. The van der Waals surface area contributed by atoms with Crippen molar-refractivity contribution in [3.63, 3.8) is 0 Å². The van der Waals surface area contributed by atoms with Gasteiger partial charge in [-0.05, 0) is 12.1 Å². The molecule has 0 aromatic heterocycles. The van der Waals surface area contributed by atoms with Crippen LogP contribution >= 0.6 is 0 Å². The van der Waals surface area contributed by atoms with Gasteiger partial charge in [0.05, 0.1) is 5.56 Å². The van der Waals surface area contributed by atoms with Gasteiger partial charge >= 0.3 is 11.9 Å². The molecule has 67 valence electrons. The highest BCUT2D eigenvalue weighted by Crippen LogP contribution is 2.19. The van der Waals surface area contributed by atoms with E-state index in [9.17, 15) is 14.7 Å². The summed E-state index contributed by atoms with van der Waals surface area (Å²) in [5.74, 6) is -3.41. The van der Waals surface area contributed by atoms with Gasteiger partial charge in [-0.2, -0.15) is 0 Å². The third-order valence-electron chi connectivity index (χ3n) is 1.46. The Morgan fingerprint density at radius 2 is 1.69 bits per heavy atom. The van der Waals surface area contributed by atoms with E-state index in [4.69, 9.17) is 10.2 Å². The maximum Gasteiger partial charge on any atom is 0.339 e. The summed E-state index contributed by atoms with van der Waals surface area (Å²) in [6.07, 6.45) is 0. The highest BCUT2D eigenvalue weighted by Gasteiger charge is 2.13. The molecule has 2 N–H and O–H groups in total. The molecular formula is C8H5O5. The fourth-order valence-corrected chi connectivity index (χ4v) is 0.832. The van der Waals surface area contributed by atoms with Crippen molar-refractivity contribution in [2.24, 2.45) is 0 Å². The summed E-state index contributed by atoms with van der Waals surface area (Å²) in [7, 11) is 0. The molecule has 1 rings (SSSR count). The second kappa shape index (κ2) is 3.14. The number of rotatable bonds is 2. The molecule has 0 bridgehead atoms. The van der Waals surface area contributed by atoms with E-state index in [1.807, 2.05) is 0 Å². The second-order valence-corrected chi connectivity index (χ2v) is 2.32. The van der Waals surface area contributed by atoms with Gasteiger partial charge in [0, 0.05) is 6.07 Å². The molecular weight excluding hydrogens is 176 g/mol. The Hall–Kier alpha value is -2.04. The molecule has 0 heterocycles. The summed E-state index contributed by atoms with van der Waals surface area (Å²) in [5, 5.41) is 27.8. The van der Waals surface area contributed by atoms with Crippen LogP contribution < -0.4 is 0 Å².